The Kier molecular flexibility index (Phi) is 5.18. The molecule has 0 spiro atoms. The first kappa shape index (κ1) is 15.9. The summed E-state index contributed by atoms with van der Waals surface area (Å²) >= 11 is 10.7. The first-order chi connectivity index (χ1) is 9.45. The smallest absolute Gasteiger partial charge is 0.134 e. The molecule has 6 heteroatoms. The van der Waals surface area contributed by atoms with Gasteiger partial charge in [-0.25, -0.2) is 8.78 Å². The summed E-state index contributed by atoms with van der Waals surface area (Å²) < 4.78 is 29.1. The van der Waals surface area contributed by atoms with Gasteiger partial charge in [0.15, 0.2) is 0 Å². The summed E-state index contributed by atoms with van der Waals surface area (Å²) in [5, 5.41) is 3.66. The van der Waals surface area contributed by atoms with Crippen LogP contribution < -0.4 is 5.32 Å². The fourth-order valence-corrected chi connectivity index (χ4v) is 3.83. The molecule has 0 aliphatic carbocycles. The molecule has 0 aliphatic rings. The second kappa shape index (κ2) is 6.52. The molecule has 0 amide bonds. The van der Waals surface area contributed by atoms with Gasteiger partial charge in [-0.05, 0) is 47.1 Å². The molecule has 1 atom stereocenters. The van der Waals surface area contributed by atoms with Crippen molar-refractivity contribution in [2.45, 2.75) is 19.9 Å². The van der Waals surface area contributed by atoms with E-state index in [1.165, 1.54) is 23.5 Å². The van der Waals surface area contributed by atoms with E-state index in [9.17, 15) is 8.78 Å². The zero-order valence-electron chi connectivity index (χ0n) is 10.9. The first-order valence-corrected chi connectivity index (χ1v) is 8.07. The molecule has 1 nitrogen and oxygen atoms in total. The average molecular weight is 381 g/mol. The fraction of sp³-hybridized carbons (Fsp3) is 0.286. The number of benzene rings is 1. The van der Waals surface area contributed by atoms with E-state index in [0.717, 1.165) is 8.66 Å². The Morgan fingerprint density at radius 2 is 2.10 bits per heavy atom. The van der Waals surface area contributed by atoms with Crippen molar-refractivity contribution >= 4 is 38.9 Å². The molecule has 1 aromatic carbocycles. The first-order valence-electron chi connectivity index (χ1n) is 6.08. The summed E-state index contributed by atoms with van der Waals surface area (Å²) in [6, 6.07) is 3.91. The summed E-state index contributed by atoms with van der Waals surface area (Å²) in [5.41, 5.74) is 0.461. The minimum atomic E-state index is -0.556. The lowest BCUT2D eigenvalue weighted by molar-refractivity contribution is 0.509. The Morgan fingerprint density at radius 3 is 2.65 bits per heavy atom. The third-order valence-electron chi connectivity index (χ3n) is 2.97. The minimum absolute atomic E-state index is 0.0391. The molecule has 1 heterocycles. The summed E-state index contributed by atoms with van der Waals surface area (Å²) in [5.74, 6) is -1.07. The summed E-state index contributed by atoms with van der Waals surface area (Å²) in [4.78, 5) is 0.770. The van der Waals surface area contributed by atoms with Gasteiger partial charge >= 0.3 is 0 Å². The predicted octanol–water partition coefficient (Wildman–Crippen LogP) is 5.45. The highest BCUT2D eigenvalue weighted by molar-refractivity contribution is 9.11. The lowest BCUT2D eigenvalue weighted by Crippen LogP contribution is -2.23. The molecule has 2 aromatic rings. The van der Waals surface area contributed by atoms with Crippen molar-refractivity contribution in [1.29, 1.82) is 0 Å². The maximum Gasteiger partial charge on any atom is 0.134 e. The average Bonchev–Trinajstić information content (AvgIpc) is 2.73. The van der Waals surface area contributed by atoms with Crippen LogP contribution in [0.1, 0.15) is 29.0 Å². The summed E-state index contributed by atoms with van der Waals surface area (Å²) in [7, 11) is 0. The lowest BCUT2D eigenvalue weighted by atomic mass is 10.0. The molecule has 0 bridgehead atoms. The number of thiophene rings is 1. The highest BCUT2D eigenvalue weighted by atomic mass is 79.9. The molecule has 0 saturated heterocycles. The second-order valence-electron chi connectivity index (χ2n) is 4.35. The maximum absolute atomic E-state index is 14.3. The van der Waals surface area contributed by atoms with Crippen LogP contribution in [0.4, 0.5) is 8.78 Å². The number of rotatable bonds is 4. The van der Waals surface area contributed by atoms with Crippen LogP contribution >= 0.6 is 38.9 Å². The Labute approximate surface area is 134 Å². The van der Waals surface area contributed by atoms with Crippen molar-refractivity contribution in [3.05, 3.63) is 54.6 Å². The molecule has 0 saturated carbocycles. The standard InChI is InChI=1S/C14H13BrClF2NS/c1-3-19-13(10-6-8(16)14(15)20-10)11-9(17)5-4-7(2)12(11)18/h4-6,13,19H,3H2,1-2H3. The van der Waals surface area contributed by atoms with Gasteiger partial charge in [-0.15, -0.1) is 11.3 Å². The van der Waals surface area contributed by atoms with E-state index in [1.807, 2.05) is 6.92 Å². The Morgan fingerprint density at radius 1 is 1.40 bits per heavy atom. The van der Waals surface area contributed by atoms with Gasteiger partial charge in [-0.1, -0.05) is 24.6 Å². The highest BCUT2D eigenvalue weighted by Crippen LogP contribution is 2.38. The summed E-state index contributed by atoms with van der Waals surface area (Å²) in [6.07, 6.45) is 0. The molecule has 1 aromatic heterocycles. The van der Waals surface area contributed by atoms with Gasteiger partial charge in [0, 0.05) is 10.4 Å². The van der Waals surface area contributed by atoms with Crippen LogP contribution in [0.3, 0.4) is 0 Å². The van der Waals surface area contributed by atoms with Crippen molar-refractivity contribution in [1.82, 2.24) is 5.32 Å². The van der Waals surface area contributed by atoms with Crippen LogP contribution in [-0.2, 0) is 0 Å². The Hall–Kier alpha value is -0.490. The Bertz CT molecular complexity index is 610. The zero-order chi connectivity index (χ0) is 14.9. The molecular formula is C14H13BrClF2NS. The van der Waals surface area contributed by atoms with Gasteiger partial charge in [-0.3, -0.25) is 0 Å². The highest BCUT2D eigenvalue weighted by Gasteiger charge is 2.24. The van der Waals surface area contributed by atoms with Gasteiger partial charge in [-0.2, -0.15) is 0 Å². The van der Waals surface area contributed by atoms with Crippen LogP contribution in [0.2, 0.25) is 5.02 Å². The molecule has 0 radical (unpaired) electrons. The molecule has 0 aliphatic heterocycles. The number of nitrogens with one attached hydrogen (secondary N) is 1. The van der Waals surface area contributed by atoms with Gasteiger partial charge in [0.2, 0.25) is 0 Å². The van der Waals surface area contributed by atoms with Crippen LogP contribution in [0.15, 0.2) is 22.0 Å². The van der Waals surface area contributed by atoms with E-state index in [4.69, 9.17) is 11.6 Å². The molecule has 20 heavy (non-hydrogen) atoms. The van der Waals surface area contributed by atoms with E-state index in [2.05, 4.69) is 21.2 Å². The summed E-state index contributed by atoms with van der Waals surface area (Å²) in [6.45, 7) is 4.10. The number of halogens is 4. The predicted molar refractivity (Wildman–Crippen MR) is 83.6 cm³/mol. The van der Waals surface area contributed by atoms with Crippen molar-refractivity contribution in [3.63, 3.8) is 0 Å². The quantitative estimate of drug-likeness (QED) is 0.743. The largest absolute Gasteiger partial charge is 0.306 e. The lowest BCUT2D eigenvalue weighted by Gasteiger charge is -2.19. The molecule has 1 N–H and O–H groups in total. The number of hydrogen-bond donors (Lipinski definition) is 1. The Balaban J connectivity index is 2.57. The van der Waals surface area contributed by atoms with E-state index < -0.39 is 17.7 Å². The van der Waals surface area contributed by atoms with Crippen LogP contribution in [0.25, 0.3) is 0 Å². The zero-order valence-corrected chi connectivity index (χ0v) is 14.1. The molecule has 2 rings (SSSR count). The van der Waals surface area contributed by atoms with E-state index >= 15 is 0 Å². The minimum Gasteiger partial charge on any atom is -0.306 e. The molecular weight excluding hydrogens is 368 g/mol. The molecule has 0 fully saturated rings. The van der Waals surface area contributed by atoms with Gasteiger partial charge in [0.1, 0.15) is 11.6 Å². The maximum atomic E-state index is 14.3. The monoisotopic (exact) mass is 379 g/mol. The van der Waals surface area contributed by atoms with Crippen molar-refractivity contribution in [2.75, 3.05) is 6.54 Å². The van der Waals surface area contributed by atoms with E-state index in [0.29, 0.717) is 17.1 Å². The second-order valence-corrected chi connectivity index (χ2v) is 7.16. The molecule has 1 unspecified atom stereocenters. The van der Waals surface area contributed by atoms with E-state index in [-0.39, 0.29) is 5.56 Å². The number of hydrogen-bond acceptors (Lipinski definition) is 2. The van der Waals surface area contributed by atoms with Crippen molar-refractivity contribution < 1.29 is 8.78 Å². The fourth-order valence-electron chi connectivity index (χ4n) is 2.00. The van der Waals surface area contributed by atoms with Crippen LogP contribution in [-0.4, -0.2) is 6.54 Å². The van der Waals surface area contributed by atoms with Gasteiger partial charge < -0.3 is 5.32 Å². The topological polar surface area (TPSA) is 12.0 Å². The van der Waals surface area contributed by atoms with Crippen LogP contribution in [0, 0.1) is 18.6 Å². The normalized spacial score (nSPS) is 12.7. The SMILES string of the molecule is CCNC(c1cc(Cl)c(Br)s1)c1c(F)ccc(C)c1F. The number of aryl methyl sites for hydroxylation is 1. The third-order valence-corrected chi connectivity index (χ3v) is 5.50. The van der Waals surface area contributed by atoms with Gasteiger partial charge in [0.25, 0.3) is 0 Å². The van der Waals surface area contributed by atoms with Crippen molar-refractivity contribution in [3.8, 4) is 0 Å². The molecule has 108 valence electrons. The third kappa shape index (κ3) is 3.06. The van der Waals surface area contributed by atoms with Crippen molar-refractivity contribution in [2.24, 2.45) is 0 Å². The van der Waals surface area contributed by atoms with E-state index in [1.54, 1.807) is 13.0 Å². The van der Waals surface area contributed by atoms with Gasteiger partial charge in [0.05, 0.1) is 14.9 Å². The van der Waals surface area contributed by atoms with Crippen LogP contribution in [0.5, 0.6) is 0 Å².